The Morgan fingerprint density at radius 1 is 0.960 bits per heavy atom. The largest absolute Gasteiger partial charge is 0.497 e. The molecule has 1 N–H and O–H groups in total. The van der Waals surface area contributed by atoms with Crippen molar-refractivity contribution in [1.29, 1.82) is 0 Å². The zero-order valence-corrected chi connectivity index (χ0v) is 17.8. The van der Waals surface area contributed by atoms with E-state index in [0.717, 1.165) is 5.46 Å². The van der Waals surface area contributed by atoms with E-state index in [1.54, 1.807) is 0 Å². The SMILES string of the molecule is CC[Si](CC)(CC)c1cc2cccc(B3OC(C)(C)C(C)(C)O3)c2[nH]1. The van der Waals surface area contributed by atoms with Crippen molar-refractivity contribution in [1.82, 2.24) is 4.98 Å². The van der Waals surface area contributed by atoms with E-state index >= 15 is 0 Å². The molecule has 0 aliphatic carbocycles. The number of para-hydroxylation sites is 1. The number of hydrogen-bond donors (Lipinski definition) is 1. The van der Waals surface area contributed by atoms with Gasteiger partial charge in [-0.1, -0.05) is 57.1 Å². The molecule has 2 heterocycles. The Balaban J connectivity index is 2.07. The number of fused-ring (bicyclic) bond motifs is 1. The molecule has 3 nitrogen and oxygen atoms in total. The zero-order valence-electron chi connectivity index (χ0n) is 16.8. The van der Waals surface area contributed by atoms with Crippen molar-refractivity contribution >= 4 is 36.9 Å². The maximum Gasteiger partial charge on any atom is 0.497 e. The van der Waals surface area contributed by atoms with Gasteiger partial charge in [0, 0.05) is 11.0 Å². The van der Waals surface area contributed by atoms with Crippen molar-refractivity contribution in [3.8, 4) is 0 Å². The maximum atomic E-state index is 6.30. The second kappa shape index (κ2) is 6.29. The quantitative estimate of drug-likeness (QED) is 0.815. The predicted octanol–water partition coefficient (Wildman–Crippen LogP) is 4.18. The molecule has 5 heteroatoms. The summed E-state index contributed by atoms with van der Waals surface area (Å²) in [6.07, 6.45) is 0. The first-order chi connectivity index (χ1) is 11.7. The van der Waals surface area contributed by atoms with Crippen LogP contribution in [0, 0.1) is 0 Å². The smallest absolute Gasteiger partial charge is 0.399 e. The number of rotatable bonds is 5. The average molecular weight is 357 g/mol. The van der Waals surface area contributed by atoms with Gasteiger partial charge in [-0.25, -0.2) is 0 Å². The second-order valence-corrected chi connectivity index (χ2v) is 13.6. The van der Waals surface area contributed by atoms with E-state index < -0.39 is 8.07 Å². The molecule has 3 rings (SSSR count). The van der Waals surface area contributed by atoms with Crippen LogP contribution in [0.15, 0.2) is 24.3 Å². The van der Waals surface area contributed by atoms with Crippen molar-refractivity contribution in [3.63, 3.8) is 0 Å². The van der Waals surface area contributed by atoms with Crippen molar-refractivity contribution in [2.24, 2.45) is 0 Å². The Hall–Kier alpha value is -1.04. The summed E-state index contributed by atoms with van der Waals surface area (Å²) in [7, 11) is -1.75. The summed E-state index contributed by atoms with van der Waals surface area (Å²) < 4.78 is 12.6. The van der Waals surface area contributed by atoms with Gasteiger partial charge in [-0.2, -0.15) is 0 Å². The first kappa shape index (κ1) is 18.7. The Bertz CT molecular complexity index is 740. The molecule has 136 valence electrons. The minimum atomic E-state index is -1.43. The third kappa shape index (κ3) is 2.90. The molecule has 0 saturated carbocycles. The second-order valence-electron chi connectivity index (χ2n) is 8.42. The van der Waals surface area contributed by atoms with E-state index in [9.17, 15) is 0 Å². The molecule has 1 saturated heterocycles. The van der Waals surface area contributed by atoms with Gasteiger partial charge in [0.1, 0.15) is 8.07 Å². The lowest BCUT2D eigenvalue weighted by atomic mass is 9.78. The molecule has 2 aromatic rings. The molecular weight excluding hydrogens is 325 g/mol. The van der Waals surface area contributed by atoms with E-state index in [0.29, 0.717) is 0 Å². The highest BCUT2D eigenvalue weighted by Crippen LogP contribution is 2.37. The lowest BCUT2D eigenvalue weighted by Crippen LogP contribution is -2.46. The number of aromatic nitrogens is 1. The van der Waals surface area contributed by atoms with Crippen LogP contribution in [-0.4, -0.2) is 31.4 Å². The average Bonchev–Trinajstić information content (AvgIpc) is 3.08. The first-order valence-corrected chi connectivity index (χ1v) is 12.3. The molecule has 1 aliphatic heterocycles. The topological polar surface area (TPSA) is 34.2 Å². The third-order valence-electron chi connectivity index (χ3n) is 6.80. The molecule has 0 unspecified atom stereocenters. The van der Waals surface area contributed by atoms with Crippen LogP contribution in [0.5, 0.6) is 0 Å². The van der Waals surface area contributed by atoms with Crippen molar-refractivity contribution in [2.45, 2.75) is 77.8 Å². The van der Waals surface area contributed by atoms with Crippen molar-refractivity contribution in [2.75, 3.05) is 0 Å². The molecule has 0 radical (unpaired) electrons. The molecule has 1 aromatic carbocycles. The molecule has 25 heavy (non-hydrogen) atoms. The third-order valence-corrected chi connectivity index (χ3v) is 12.3. The van der Waals surface area contributed by atoms with Gasteiger partial charge in [0.15, 0.2) is 0 Å². The Morgan fingerprint density at radius 2 is 1.52 bits per heavy atom. The van der Waals surface area contributed by atoms with E-state index in [1.165, 1.54) is 34.4 Å². The van der Waals surface area contributed by atoms with Gasteiger partial charge in [-0.3, -0.25) is 0 Å². The lowest BCUT2D eigenvalue weighted by molar-refractivity contribution is 0.00578. The molecule has 1 fully saturated rings. The Kier molecular flexibility index (Phi) is 4.72. The fraction of sp³-hybridized carbons (Fsp3) is 0.600. The van der Waals surface area contributed by atoms with E-state index in [1.807, 2.05) is 0 Å². The fourth-order valence-corrected chi connectivity index (χ4v) is 7.45. The summed E-state index contributed by atoms with van der Waals surface area (Å²) in [5.41, 5.74) is 1.67. The van der Waals surface area contributed by atoms with Gasteiger partial charge >= 0.3 is 7.12 Å². The van der Waals surface area contributed by atoms with Gasteiger partial charge in [0.05, 0.1) is 11.2 Å². The van der Waals surface area contributed by atoms with E-state index in [2.05, 4.69) is 77.7 Å². The van der Waals surface area contributed by atoms with Crippen molar-refractivity contribution in [3.05, 3.63) is 24.3 Å². The van der Waals surface area contributed by atoms with Crippen LogP contribution >= 0.6 is 0 Å². The van der Waals surface area contributed by atoms with E-state index in [-0.39, 0.29) is 18.3 Å². The van der Waals surface area contributed by atoms with Crippen LogP contribution < -0.4 is 10.8 Å². The predicted molar refractivity (Wildman–Crippen MR) is 111 cm³/mol. The molecule has 0 spiro atoms. The fourth-order valence-electron chi connectivity index (χ4n) is 3.95. The van der Waals surface area contributed by atoms with Gasteiger partial charge in [0.25, 0.3) is 0 Å². The highest BCUT2D eigenvalue weighted by molar-refractivity contribution is 6.91. The minimum absolute atomic E-state index is 0.315. The standard InChI is InChI=1S/C20H32BNO2Si/c1-8-25(9-2,10-3)17-14-15-12-11-13-16(18(15)22-17)21-23-19(4,5)20(6,7)24-21/h11-14,22H,8-10H2,1-7H3. The van der Waals surface area contributed by atoms with Gasteiger partial charge < -0.3 is 14.3 Å². The van der Waals surface area contributed by atoms with Crippen LogP contribution in [-0.2, 0) is 9.31 Å². The van der Waals surface area contributed by atoms with Crippen LogP contribution in [0.3, 0.4) is 0 Å². The summed E-state index contributed by atoms with van der Waals surface area (Å²) in [4.78, 5) is 3.79. The van der Waals surface area contributed by atoms with Gasteiger partial charge in [-0.05, 0) is 44.5 Å². The molecule has 0 amide bonds. The Morgan fingerprint density at radius 3 is 2.04 bits per heavy atom. The van der Waals surface area contributed by atoms with Crippen LogP contribution in [0.4, 0.5) is 0 Å². The van der Waals surface area contributed by atoms with Crippen LogP contribution in [0.1, 0.15) is 48.5 Å². The van der Waals surface area contributed by atoms with Gasteiger partial charge in [-0.15, -0.1) is 0 Å². The minimum Gasteiger partial charge on any atom is -0.399 e. The molecule has 0 atom stereocenters. The molecule has 1 aromatic heterocycles. The highest BCUT2D eigenvalue weighted by atomic mass is 28.3. The number of hydrogen-bond acceptors (Lipinski definition) is 2. The van der Waals surface area contributed by atoms with Crippen LogP contribution in [0.2, 0.25) is 18.1 Å². The number of benzene rings is 1. The normalized spacial score (nSPS) is 19.7. The van der Waals surface area contributed by atoms with Gasteiger partial charge in [0.2, 0.25) is 0 Å². The summed E-state index contributed by atoms with van der Waals surface area (Å²) in [5, 5.41) is 2.74. The molecular formula is C20H32BNO2Si. The summed E-state index contributed by atoms with van der Waals surface area (Å²) in [5.74, 6) is 0. The first-order valence-electron chi connectivity index (χ1n) is 9.67. The van der Waals surface area contributed by atoms with Crippen LogP contribution in [0.25, 0.3) is 10.9 Å². The van der Waals surface area contributed by atoms with Crippen molar-refractivity contribution < 1.29 is 9.31 Å². The summed E-state index contributed by atoms with van der Waals surface area (Å²) >= 11 is 0. The number of H-pyrrole nitrogens is 1. The zero-order chi connectivity index (χ0) is 18.5. The summed E-state index contributed by atoms with van der Waals surface area (Å²) in [6, 6.07) is 12.7. The summed E-state index contributed by atoms with van der Waals surface area (Å²) in [6.45, 7) is 15.5. The highest BCUT2D eigenvalue weighted by Gasteiger charge is 2.52. The van der Waals surface area contributed by atoms with E-state index in [4.69, 9.17) is 9.31 Å². The number of nitrogens with one attached hydrogen (secondary N) is 1. The molecule has 1 aliphatic rings. The Labute approximate surface area is 153 Å². The molecule has 0 bridgehead atoms. The number of aromatic amines is 1. The monoisotopic (exact) mass is 357 g/mol. The maximum absolute atomic E-state index is 6.30. The lowest BCUT2D eigenvalue weighted by Gasteiger charge is -2.32.